The van der Waals surface area contributed by atoms with Gasteiger partial charge in [-0.05, 0) is 58.2 Å². The Morgan fingerprint density at radius 3 is 1.81 bits per heavy atom. The highest BCUT2D eigenvalue weighted by Gasteiger charge is 2.15. The van der Waals surface area contributed by atoms with Crippen LogP contribution in [0.5, 0.6) is 0 Å². The molecule has 0 aliphatic heterocycles. The maximum absolute atomic E-state index is 11.6. The number of hydrogen-bond acceptors (Lipinski definition) is 2. The van der Waals surface area contributed by atoms with E-state index in [9.17, 15) is 4.79 Å². The second kappa shape index (κ2) is 19.9. The molecule has 0 aromatic rings. The molecule has 3 heteroatoms. The number of amides is 1. The van der Waals surface area contributed by atoms with Crippen molar-refractivity contribution in [3.05, 3.63) is 12.2 Å². The Morgan fingerprint density at radius 2 is 1.30 bits per heavy atom. The van der Waals surface area contributed by atoms with E-state index in [2.05, 4.69) is 37.8 Å². The quantitative estimate of drug-likeness (QED) is 0.194. The molecule has 0 heterocycles. The van der Waals surface area contributed by atoms with E-state index in [1.165, 1.54) is 70.6 Å². The molecule has 2 N–H and O–H groups in total. The smallest absolute Gasteiger partial charge is 0.220 e. The van der Waals surface area contributed by atoms with Crippen molar-refractivity contribution in [1.82, 2.24) is 4.90 Å². The van der Waals surface area contributed by atoms with Gasteiger partial charge in [0.05, 0.1) is 0 Å². The van der Waals surface area contributed by atoms with Crippen molar-refractivity contribution in [3.8, 4) is 0 Å². The summed E-state index contributed by atoms with van der Waals surface area (Å²) in [7, 11) is 0. The lowest BCUT2D eigenvalue weighted by Gasteiger charge is -2.21. The molecule has 0 radical (unpaired) electrons. The van der Waals surface area contributed by atoms with Gasteiger partial charge in [-0.3, -0.25) is 4.79 Å². The maximum Gasteiger partial charge on any atom is 0.220 e. The summed E-state index contributed by atoms with van der Waals surface area (Å²) in [4.78, 5) is 14.0. The number of unbranched alkanes of at least 4 members (excludes halogenated alkanes) is 10. The van der Waals surface area contributed by atoms with Crippen molar-refractivity contribution in [3.63, 3.8) is 0 Å². The molecular weight excluding hydrogens is 332 g/mol. The minimum atomic E-state index is -0.111. The van der Waals surface area contributed by atoms with E-state index in [4.69, 9.17) is 5.73 Å². The Bertz CT molecular complexity index is 350. The summed E-state index contributed by atoms with van der Waals surface area (Å²) in [5.74, 6) is -0.0531. The van der Waals surface area contributed by atoms with Crippen LogP contribution in [0.2, 0.25) is 0 Å². The average Bonchev–Trinajstić information content (AvgIpc) is 2.67. The molecule has 0 saturated heterocycles. The number of nitrogens with two attached hydrogens (primary N) is 1. The van der Waals surface area contributed by atoms with E-state index < -0.39 is 0 Å². The Hall–Kier alpha value is -0.830. The van der Waals surface area contributed by atoms with Gasteiger partial charge in [0.15, 0.2) is 0 Å². The SMILES string of the molecule is CCCCCCCCC=CCCCCCCC(CCN(CC)CC)C(N)=O. The Kier molecular flexibility index (Phi) is 19.3. The molecule has 0 aliphatic rings. The van der Waals surface area contributed by atoms with E-state index in [-0.39, 0.29) is 11.8 Å². The summed E-state index contributed by atoms with van der Waals surface area (Å²) in [6.07, 6.45) is 22.2. The van der Waals surface area contributed by atoms with Gasteiger partial charge in [-0.2, -0.15) is 0 Å². The van der Waals surface area contributed by atoms with Crippen LogP contribution in [0.3, 0.4) is 0 Å². The highest BCUT2D eigenvalue weighted by molar-refractivity contribution is 5.76. The van der Waals surface area contributed by atoms with Crippen molar-refractivity contribution >= 4 is 5.91 Å². The van der Waals surface area contributed by atoms with Crippen molar-refractivity contribution in [1.29, 1.82) is 0 Å². The summed E-state index contributed by atoms with van der Waals surface area (Å²) >= 11 is 0. The normalized spacial score (nSPS) is 12.9. The van der Waals surface area contributed by atoms with Crippen LogP contribution in [0.15, 0.2) is 12.2 Å². The van der Waals surface area contributed by atoms with Gasteiger partial charge in [0.25, 0.3) is 0 Å². The van der Waals surface area contributed by atoms with E-state index in [1.54, 1.807) is 0 Å². The second-order valence-corrected chi connectivity index (χ2v) is 7.93. The lowest BCUT2D eigenvalue weighted by Crippen LogP contribution is -2.30. The number of carbonyl (C=O) groups is 1. The molecule has 0 aromatic heterocycles. The van der Waals surface area contributed by atoms with E-state index in [0.29, 0.717) is 0 Å². The minimum absolute atomic E-state index is 0.0582. The third-order valence-corrected chi connectivity index (χ3v) is 5.65. The van der Waals surface area contributed by atoms with Gasteiger partial charge in [0, 0.05) is 5.92 Å². The van der Waals surface area contributed by atoms with Gasteiger partial charge in [0.2, 0.25) is 5.91 Å². The fourth-order valence-electron chi connectivity index (χ4n) is 3.59. The predicted octanol–water partition coefficient (Wildman–Crippen LogP) is 6.47. The van der Waals surface area contributed by atoms with Crippen LogP contribution in [-0.4, -0.2) is 30.4 Å². The summed E-state index contributed by atoms with van der Waals surface area (Å²) in [6.45, 7) is 9.70. The van der Waals surface area contributed by atoms with Crippen LogP contribution in [0, 0.1) is 5.92 Å². The van der Waals surface area contributed by atoms with Crippen LogP contribution in [0.4, 0.5) is 0 Å². The zero-order valence-corrected chi connectivity index (χ0v) is 18.7. The highest BCUT2D eigenvalue weighted by atomic mass is 16.1. The molecule has 1 atom stereocenters. The van der Waals surface area contributed by atoms with Crippen molar-refractivity contribution < 1.29 is 4.79 Å². The van der Waals surface area contributed by atoms with Crippen LogP contribution < -0.4 is 5.73 Å². The van der Waals surface area contributed by atoms with Crippen LogP contribution in [0.1, 0.15) is 111 Å². The Labute approximate surface area is 170 Å². The minimum Gasteiger partial charge on any atom is -0.369 e. The van der Waals surface area contributed by atoms with Gasteiger partial charge in [-0.15, -0.1) is 0 Å². The maximum atomic E-state index is 11.6. The molecule has 3 nitrogen and oxygen atoms in total. The fraction of sp³-hybridized carbons (Fsp3) is 0.875. The standard InChI is InChI=1S/C24H48N2O/c1-4-7-8-9-10-11-12-13-14-15-16-17-18-19-20-23(24(25)27)21-22-26(5-2)6-3/h13-14,23H,4-12,15-22H2,1-3H3,(H2,25,27). The summed E-state index contributed by atoms with van der Waals surface area (Å²) in [5.41, 5.74) is 5.59. The Morgan fingerprint density at radius 1 is 0.778 bits per heavy atom. The van der Waals surface area contributed by atoms with Crippen LogP contribution >= 0.6 is 0 Å². The monoisotopic (exact) mass is 380 g/mol. The molecule has 27 heavy (non-hydrogen) atoms. The van der Waals surface area contributed by atoms with Crippen LogP contribution in [0.25, 0.3) is 0 Å². The number of nitrogens with zero attached hydrogens (tertiary/aromatic N) is 1. The number of rotatable bonds is 20. The first kappa shape index (κ1) is 26.2. The Balaban J connectivity index is 3.56. The van der Waals surface area contributed by atoms with Gasteiger partial charge >= 0.3 is 0 Å². The molecule has 1 amide bonds. The molecule has 0 bridgehead atoms. The van der Waals surface area contributed by atoms with E-state index in [0.717, 1.165) is 38.9 Å². The second-order valence-electron chi connectivity index (χ2n) is 7.93. The van der Waals surface area contributed by atoms with Gasteiger partial charge < -0.3 is 10.6 Å². The topological polar surface area (TPSA) is 46.3 Å². The predicted molar refractivity (Wildman–Crippen MR) is 120 cm³/mol. The molecule has 160 valence electrons. The lowest BCUT2D eigenvalue weighted by atomic mass is 9.96. The van der Waals surface area contributed by atoms with Crippen LogP contribution in [-0.2, 0) is 4.79 Å². The molecule has 0 spiro atoms. The lowest BCUT2D eigenvalue weighted by molar-refractivity contribution is -0.122. The van der Waals surface area contributed by atoms with E-state index in [1.807, 2.05) is 0 Å². The first-order chi connectivity index (χ1) is 13.2. The number of hydrogen-bond donors (Lipinski definition) is 1. The molecule has 0 saturated carbocycles. The summed E-state index contributed by atoms with van der Waals surface area (Å²) < 4.78 is 0. The zero-order chi connectivity index (χ0) is 20.2. The molecular formula is C24H48N2O. The van der Waals surface area contributed by atoms with Crippen molar-refractivity contribution in [2.24, 2.45) is 11.7 Å². The summed E-state index contributed by atoms with van der Waals surface area (Å²) in [6, 6.07) is 0. The number of allylic oxidation sites excluding steroid dienone is 2. The van der Waals surface area contributed by atoms with Gasteiger partial charge in [0.1, 0.15) is 0 Å². The number of primary amides is 1. The zero-order valence-electron chi connectivity index (χ0n) is 18.7. The van der Waals surface area contributed by atoms with Crippen molar-refractivity contribution in [2.75, 3.05) is 19.6 Å². The summed E-state index contributed by atoms with van der Waals surface area (Å²) in [5, 5.41) is 0. The largest absolute Gasteiger partial charge is 0.369 e. The van der Waals surface area contributed by atoms with Gasteiger partial charge in [-0.1, -0.05) is 84.3 Å². The van der Waals surface area contributed by atoms with E-state index >= 15 is 0 Å². The average molecular weight is 381 g/mol. The first-order valence-electron chi connectivity index (χ1n) is 11.8. The molecule has 1 unspecified atom stereocenters. The molecule has 0 fully saturated rings. The highest BCUT2D eigenvalue weighted by Crippen LogP contribution is 2.16. The van der Waals surface area contributed by atoms with Gasteiger partial charge in [-0.25, -0.2) is 0 Å². The van der Waals surface area contributed by atoms with Crippen molar-refractivity contribution in [2.45, 2.75) is 111 Å². The number of carbonyl (C=O) groups excluding carboxylic acids is 1. The molecule has 0 rings (SSSR count). The third-order valence-electron chi connectivity index (χ3n) is 5.65. The molecule has 0 aromatic carbocycles. The third kappa shape index (κ3) is 17.0. The fourth-order valence-corrected chi connectivity index (χ4v) is 3.59. The first-order valence-corrected chi connectivity index (χ1v) is 11.8. The molecule has 0 aliphatic carbocycles.